The van der Waals surface area contributed by atoms with Crippen molar-refractivity contribution in [3.63, 3.8) is 0 Å². The first-order chi connectivity index (χ1) is 18.7. The van der Waals surface area contributed by atoms with E-state index in [1.165, 1.54) is 4.57 Å². The number of amidine groups is 1. The maximum atomic E-state index is 13.4. The van der Waals surface area contributed by atoms with Crippen molar-refractivity contribution >= 4 is 40.2 Å². The number of nitrogens with zero attached hydrogens (tertiary/aromatic N) is 3. The van der Waals surface area contributed by atoms with Gasteiger partial charge >= 0.3 is 0 Å². The monoisotopic (exact) mass is 527 g/mol. The van der Waals surface area contributed by atoms with Crippen molar-refractivity contribution in [2.45, 2.75) is 53.5 Å². The number of rotatable bonds is 9. The minimum absolute atomic E-state index is 0.0134. The maximum Gasteiger partial charge on any atom is 0.258 e. The Labute approximate surface area is 229 Å². The molecule has 0 saturated heterocycles. The van der Waals surface area contributed by atoms with Gasteiger partial charge in [0.1, 0.15) is 12.4 Å². The highest BCUT2D eigenvalue weighted by atomic mass is 16.2. The molecular formula is C31H37N5O3. The van der Waals surface area contributed by atoms with E-state index in [9.17, 15) is 14.4 Å². The Kier molecular flexibility index (Phi) is 8.64. The summed E-state index contributed by atoms with van der Waals surface area (Å²) in [4.78, 5) is 44.9. The number of hydrogen-bond acceptors (Lipinski definition) is 5. The van der Waals surface area contributed by atoms with Crippen molar-refractivity contribution in [2.24, 2.45) is 10.7 Å². The lowest BCUT2D eigenvalue weighted by Crippen LogP contribution is -2.34. The molecule has 0 saturated carbocycles. The second-order valence-electron chi connectivity index (χ2n) is 9.97. The van der Waals surface area contributed by atoms with Crippen molar-refractivity contribution in [1.29, 1.82) is 0 Å². The minimum Gasteiger partial charge on any atom is -0.387 e. The zero-order chi connectivity index (χ0) is 28.1. The molecule has 2 amide bonds. The van der Waals surface area contributed by atoms with E-state index in [0.29, 0.717) is 42.9 Å². The zero-order valence-corrected chi connectivity index (χ0v) is 23.2. The fourth-order valence-corrected chi connectivity index (χ4v) is 5.04. The van der Waals surface area contributed by atoms with E-state index >= 15 is 0 Å². The molecule has 0 aliphatic carbocycles. The zero-order valence-electron chi connectivity index (χ0n) is 23.2. The van der Waals surface area contributed by atoms with E-state index in [4.69, 9.17) is 5.73 Å². The summed E-state index contributed by atoms with van der Waals surface area (Å²) in [5.74, 6) is 0.225. The van der Waals surface area contributed by atoms with Crippen molar-refractivity contribution in [2.75, 3.05) is 19.6 Å². The van der Waals surface area contributed by atoms with Crippen LogP contribution in [0.2, 0.25) is 0 Å². The van der Waals surface area contributed by atoms with Gasteiger partial charge in [-0.25, -0.2) is 4.99 Å². The number of hydrogen-bond donors (Lipinski definition) is 2. The molecule has 0 fully saturated rings. The Morgan fingerprint density at radius 2 is 1.79 bits per heavy atom. The van der Waals surface area contributed by atoms with Gasteiger partial charge in [-0.3, -0.25) is 14.4 Å². The number of nitrogens with one attached hydrogen (secondary N) is 1. The Morgan fingerprint density at radius 1 is 1.05 bits per heavy atom. The van der Waals surface area contributed by atoms with E-state index in [1.54, 1.807) is 12.3 Å². The molecule has 0 unspecified atom stereocenters. The summed E-state index contributed by atoms with van der Waals surface area (Å²) in [6, 6.07) is 11.6. The number of pyridine rings is 1. The minimum atomic E-state index is -0.205. The highest BCUT2D eigenvalue weighted by molar-refractivity contribution is 6.06. The number of carbonyl (C=O) groups is 2. The molecule has 0 radical (unpaired) electrons. The molecule has 2 aromatic carbocycles. The number of likely N-dealkylation sites (N-methyl/N-ethyl adjacent to an activating group) is 1. The molecule has 1 aliphatic rings. The molecule has 8 heteroatoms. The van der Waals surface area contributed by atoms with Gasteiger partial charge in [0.15, 0.2) is 0 Å². The highest BCUT2D eigenvalue weighted by Crippen LogP contribution is 2.35. The quantitative estimate of drug-likeness (QED) is 0.426. The number of amides is 2. The number of aromatic nitrogens is 1. The molecule has 1 aliphatic heterocycles. The van der Waals surface area contributed by atoms with E-state index < -0.39 is 0 Å². The molecule has 3 N–H and O–H groups in total. The third kappa shape index (κ3) is 6.11. The third-order valence-electron chi connectivity index (χ3n) is 6.87. The number of fused-ring (bicyclic) bond motifs is 2. The van der Waals surface area contributed by atoms with Crippen LogP contribution >= 0.6 is 0 Å². The second kappa shape index (κ2) is 12.1. The van der Waals surface area contributed by atoms with Crippen LogP contribution < -0.4 is 16.6 Å². The topological polar surface area (TPSA) is 110 Å². The van der Waals surface area contributed by atoms with Crippen molar-refractivity contribution in [3.8, 4) is 11.1 Å². The standard InChI is InChI=1S/C31H37N5O3/c1-5-11-35(12-6-2)30(38)24-16-26-20(4)14-23(17-27(26)34-28(32)18-24)21-8-9-25-22(15-21)10-13-36(31(25)39)19-29(37)33-7-3/h8-10,13-17H,5-7,11-12,18-19H2,1-4H3,(H2,32,34)(H,33,37). The molecule has 0 bridgehead atoms. The molecule has 39 heavy (non-hydrogen) atoms. The van der Waals surface area contributed by atoms with Crippen LogP contribution in [0, 0.1) is 6.92 Å². The number of aryl methyl sites for hydroxylation is 1. The number of aliphatic imine (C=N–C) groups is 1. The first-order valence-electron chi connectivity index (χ1n) is 13.6. The molecule has 3 aromatic rings. The van der Waals surface area contributed by atoms with E-state index in [2.05, 4.69) is 30.2 Å². The fourth-order valence-electron chi connectivity index (χ4n) is 5.04. The molecule has 2 heterocycles. The summed E-state index contributed by atoms with van der Waals surface area (Å²) in [6.45, 7) is 9.93. The van der Waals surface area contributed by atoms with Crippen LogP contribution in [0.3, 0.4) is 0 Å². The molecule has 0 atom stereocenters. The van der Waals surface area contributed by atoms with Crippen molar-refractivity contribution in [3.05, 3.63) is 69.6 Å². The summed E-state index contributed by atoms with van der Waals surface area (Å²) in [6.07, 6.45) is 5.70. The van der Waals surface area contributed by atoms with Gasteiger partial charge in [0.05, 0.1) is 5.69 Å². The van der Waals surface area contributed by atoms with Gasteiger partial charge in [0.25, 0.3) is 5.56 Å². The lowest BCUT2D eigenvalue weighted by Gasteiger charge is -2.22. The van der Waals surface area contributed by atoms with Gasteiger partial charge in [-0.15, -0.1) is 0 Å². The van der Waals surface area contributed by atoms with Gasteiger partial charge in [0.2, 0.25) is 11.8 Å². The smallest absolute Gasteiger partial charge is 0.258 e. The third-order valence-corrected chi connectivity index (χ3v) is 6.87. The molecule has 4 rings (SSSR count). The van der Waals surface area contributed by atoms with Crippen LogP contribution in [0.25, 0.3) is 28.0 Å². The van der Waals surface area contributed by atoms with Crippen LogP contribution in [0.15, 0.2) is 58.0 Å². The average Bonchev–Trinajstić information content (AvgIpc) is 3.08. The highest BCUT2D eigenvalue weighted by Gasteiger charge is 2.22. The maximum absolute atomic E-state index is 13.4. The summed E-state index contributed by atoms with van der Waals surface area (Å²) in [7, 11) is 0. The second-order valence-corrected chi connectivity index (χ2v) is 9.97. The van der Waals surface area contributed by atoms with Crippen LogP contribution in [0.5, 0.6) is 0 Å². The van der Waals surface area contributed by atoms with Gasteiger partial charge in [-0.05, 0) is 79.1 Å². The predicted molar refractivity (Wildman–Crippen MR) is 158 cm³/mol. The SMILES string of the molecule is CCCN(CCC)C(=O)C1=Cc2c(C)cc(-c3ccc4c(=O)n(CC(=O)NCC)ccc4c3)cc2N=C(N)C1. The first-order valence-corrected chi connectivity index (χ1v) is 13.6. The van der Waals surface area contributed by atoms with E-state index in [1.807, 2.05) is 49.1 Å². The van der Waals surface area contributed by atoms with Gasteiger partial charge < -0.3 is 20.5 Å². The molecule has 0 spiro atoms. The first kappa shape index (κ1) is 27.8. The lowest BCUT2D eigenvalue weighted by atomic mass is 9.95. The van der Waals surface area contributed by atoms with Crippen molar-refractivity contribution in [1.82, 2.24) is 14.8 Å². The van der Waals surface area contributed by atoms with E-state index in [0.717, 1.165) is 46.2 Å². The molecule has 1 aromatic heterocycles. The summed E-state index contributed by atoms with van der Waals surface area (Å²) in [5.41, 5.74) is 11.2. The molecule has 8 nitrogen and oxygen atoms in total. The van der Waals surface area contributed by atoms with Gasteiger partial charge in [-0.1, -0.05) is 26.0 Å². The number of carbonyl (C=O) groups excluding carboxylic acids is 2. The predicted octanol–water partition coefficient (Wildman–Crippen LogP) is 4.54. The summed E-state index contributed by atoms with van der Waals surface area (Å²) >= 11 is 0. The number of nitrogens with two attached hydrogens (primary N) is 1. The fraction of sp³-hybridized carbons (Fsp3) is 0.355. The average molecular weight is 528 g/mol. The normalized spacial score (nSPS) is 12.8. The van der Waals surface area contributed by atoms with E-state index in [-0.39, 0.29) is 23.9 Å². The van der Waals surface area contributed by atoms with Crippen LogP contribution in [-0.4, -0.2) is 46.8 Å². The lowest BCUT2D eigenvalue weighted by molar-refractivity contribution is -0.127. The van der Waals surface area contributed by atoms with Crippen LogP contribution in [0.4, 0.5) is 5.69 Å². The summed E-state index contributed by atoms with van der Waals surface area (Å²) in [5, 5.41) is 4.06. The Hall–Kier alpha value is -4.20. The molecule has 204 valence electrons. The Bertz CT molecular complexity index is 1530. The molecular weight excluding hydrogens is 490 g/mol. The largest absolute Gasteiger partial charge is 0.387 e. The van der Waals surface area contributed by atoms with Crippen LogP contribution in [0.1, 0.15) is 51.2 Å². The Balaban J connectivity index is 1.71. The summed E-state index contributed by atoms with van der Waals surface area (Å²) < 4.78 is 1.42. The van der Waals surface area contributed by atoms with Crippen molar-refractivity contribution < 1.29 is 9.59 Å². The Morgan fingerprint density at radius 3 is 2.49 bits per heavy atom. The number of benzene rings is 2. The van der Waals surface area contributed by atoms with Crippen LogP contribution in [-0.2, 0) is 16.1 Å². The van der Waals surface area contributed by atoms with Gasteiger partial charge in [-0.2, -0.15) is 0 Å². The van der Waals surface area contributed by atoms with Gasteiger partial charge in [0, 0.05) is 48.8 Å².